The SMILES string of the molecule is Cn1ccnc1C(N)C1=CCCCC1. The number of aromatic nitrogens is 2. The first kappa shape index (κ1) is 9.46. The van der Waals surface area contributed by atoms with E-state index < -0.39 is 0 Å². The number of hydrogen-bond donors (Lipinski definition) is 1. The molecule has 0 spiro atoms. The molecule has 0 saturated carbocycles. The Kier molecular flexibility index (Phi) is 2.68. The summed E-state index contributed by atoms with van der Waals surface area (Å²) in [6, 6.07) is -0.00435. The van der Waals surface area contributed by atoms with Crippen LogP contribution in [-0.2, 0) is 7.05 Å². The Bertz CT molecular complexity index is 338. The second-order valence-corrected chi connectivity index (χ2v) is 3.90. The minimum atomic E-state index is -0.00435. The predicted octanol–water partition coefficient (Wildman–Crippen LogP) is 1.92. The fourth-order valence-corrected chi connectivity index (χ4v) is 1.99. The maximum absolute atomic E-state index is 6.16. The lowest BCUT2D eigenvalue weighted by Gasteiger charge is -2.19. The van der Waals surface area contributed by atoms with Crippen LogP contribution in [0, 0.1) is 0 Å². The molecule has 0 aliphatic heterocycles. The molecular weight excluding hydrogens is 174 g/mol. The lowest BCUT2D eigenvalue weighted by atomic mass is 9.94. The number of allylic oxidation sites excluding steroid dienone is 1. The molecule has 14 heavy (non-hydrogen) atoms. The van der Waals surface area contributed by atoms with Gasteiger partial charge in [-0.2, -0.15) is 0 Å². The highest BCUT2D eigenvalue weighted by Gasteiger charge is 2.16. The molecule has 0 radical (unpaired) electrons. The molecule has 1 atom stereocenters. The second-order valence-electron chi connectivity index (χ2n) is 3.90. The van der Waals surface area contributed by atoms with Gasteiger partial charge in [-0.25, -0.2) is 4.98 Å². The molecule has 2 rings (SSSR count). The Hall–Kier alpha value is -1.09. The van der Waals surface area contributed by atoms with Crippen LogP contribution in [0.25, 0.3) is 0 Å². The average Bonchev–Trinajstić information content (AvgIpc) is 2.65. The highest BCUT2D eigenvalue weighted by Crippen LogP contribution is 2.26. The van der Waals surface area contributed by atoms with E-state index in [9.17, 15) is 0 Å². The summed E-state index contributed by atoms with van der Waals surface area (Å²) in [6.45, 7) is 0. The standard InChI is InChI=1S/C11H17N3/c1-14-8-7-13-11(14)10(12)9-5-3-2-4-6-9/h5,7-8,10H,2-4,6,12H2,1H3. The molecule has 3 nitrogen and oxygen atoms in total. The zero-order valence-corrected chi connectivity index (χ0v) is 8.61. The van der Waals surface area contributed by atoms with Gasteiger partial charge in [-0.3, -0.25) is 0 Å². The van der Waals surface area contributed by atoms with Crippen molar-refractivity contribution in [3.8, 4) is 0 Å². The third-order valence-corrected chi connectivity index (χ3v) is 2.86. The molecule has 2 N–H and O–H groups in total. The van der Waals surface area contributed by atoms with Crippen LogP contribution in [0.5, 0.6) is 0 Å². The Morgan fingerprint density at radius 2 is 2.36 bits per heavy atom. The molecule has 76 valence electrons. The molecule has 1 aromatic rings. The van der Waals surface area contributed by atoms with Gasteiger partial charge < -0.3 is 10.3 Å². The van der Waals surface area contributed by atoms with Crippen molar-refractivity contribution in [1.82, 2.24) is 9.55 Å². The number of hydrogen-bond acceptors (Lipinski definition) is 2. The molecule has 1 aliphatic carbocycles. The second kappa shape index (κ2) is 3.96. The normalized spacial score (nSPS) is 19.1. The molecule has 0 amide bonds. The minimum absolute atomic E-state index is 0.00435. The monoisotopic (exact) mass is 191 g/mol. The highest BCUT2D eigenvalue weighted by molar-refractivity contribution is 5.19. The molecule has 0 bridgehead atoms. The van der Waals surface area contributed by atoms with Gasteiger partial charge in [0, 0.05) is 19.4 Å². The van der Waals surface area contributed by atoms with E-state index >= 15 is 0 Å². The average molecular weight is 191 g/mol. The Balaban J connectivity index is 2.19. The van der Waals surface area contributed by atoms with Crippen LogP contribution in [-0.4, -0.2) is 9.55 Å². The van der Waals surface area contributed by atoms with Gasteiger partial charge in [-0.15, -0.1) is 0 Å². The van der Waals surface area contributed by atoms with E-state index in [1.54, 1.807) is 6.20 Å². The predicted molar refractivity (Wildman–Crippen MR) is 56.7 cm³/mol. The maximum Gasteiger partial charge on any atom is 0.129 e. The Morgan fingerprint density at radius 3 is 2.93 bits per heavy atom. The molecule has 1 aliphatic rings. The van der Waals surface area contributed by atoms with Crippen LogP contribution in [0.1, 0.15) is 37.5 Å². The Morgan fingerprint density at radius 1 is 1.50 bits per heavy atom. The first-order chi connectivity index (χ1) is 6.79. The van der Waals surface area contributed by atoms with Crippen molar-refractivity contribution >= 4 is 0 Å². The summed E-state index contributed by atoms with van der Waals surface area (Å²) < 4.78 is 2.00. The summed E-state index contributed by atoms with van der Waals surface area (Å²) in [5.74, 6) is 0.971. The summed E-state index contributed by atoms with van der Waals surface area (Å²) in [7, 11) is 1.99. The highest BCUT2D eigenvalue weighted by atomic mass is 15.1. The molecule has 0 fully saturated rings. The first-order valence-electron chi connectivity index (χ1n) is 5.21. The molecule has 0 saturated heterocycles. The van der Waals surface area contributed by atoms with E-state index in [1.807, 2.05) is 17.8 Å². The van der Waals surface area contributed by atoms with Gasteiger partial charge in [0.15, 0.2) is 0 Å². The van der Waals surface area contributed by atoms with Crippen LogP contribution in [0.4, 0.5) is 0 Å². The summed E-state index contributed by atoms with van der Waals surface area (Å²) in [4.78, 5) is 4.29. The number of rotatable bonds is 2. The van der Waals surface area contributed by atoms with Crippen molar-refractivity contribution in [3.63, 3.8) is 0 Å². The van der Waals surface area contributed by atoms with E-state index in [0.29, 0.717) is 0 Å². The topological polar surface area (TPSA) is 43.8 Å². The van der Waals surface area contributed by atoms with Gasteiger partial charge >= 0.3 is 0 Å². The van der Waals surface area contributed by atoms with E-state index in [1.165, 1.54) is 24.8 Å². The molecule has 1 heterocycles. The summed E-state index contributed by atoms with van der Waals surface area (Å²) in [5.41, 5.74) is 7.52. The molecule has 1 aromatic heterocycles. The van der Waals surface area contributed by atoms with Crippen molar-refractivity contribution in [2.75, 3.05) is 0 Å². The Labute approximate surface area is 84.6 Å². The number of aryl methyl sites for hydroxylation is 1. The zero-order chi connectivity index (χ0) is 9.97. The fourth-order valence-electron chi connectivity index (χ4n) is 1.99. The van der Waals surface area contributed by atoms with Crippen molar-refractivity contribution in [1.29, 1.82) is 0 Å². The van der Waals surface area contributed by atoms with E-state index in [0.717, 1.165) is 12.2 Å². The van der Waals surface area contributed by atoms with Crippen molar-refractivity contribution in [3.05, 3.63) is 29.9 Å². The van der Waals surface area contributed by atoms with Gasteiger partial charge in [0.1, 0.15) is 5.82 Å². The molecule has 1 unspecified atom stereocenters. The summed E-state index contributed by atoms with van der Waals surface area (Å²) >= 11 is 0. The fraction of sp³-hybridized carbons (Fsp3) is 0.545. The summed E-state index contributed by atoms with van der Waals surface area (Å²) in [5, 5.41) is 0. The zero-order valence-electron chi connectivity index (χ0n) is 8.61. The summed E-state index contributed by atoms with van der Waals surface area (Å²) in [6.07, 6.45) is 10.9. The minimum Gasteiger partial charge on any atom is -0.336 e. The van der Waals surface area contributed by atoms with Gasteiger partial charge in [0.05, 0.1) is 6.04 Å². The van der Waals surface area contributed by atoms with Crippen LogP contribution < -0.4 is 5.73 Å². The van der Waals surface area contributed by atoms with E-state index in [2.05, 4.69) is 11.1 Å². The van der Waals surface area contributed by atoms with Gasteiger partial charge in [0.25, 0.3) is 0 Å². The van der Waals surface area contributed by atoms with Crippen LogP contribution in [0.2, 0.25) is 0 Å². The lowest BCUT2D eigenvalue weighted by Crippen LogP contribution is -2.18. The van der Waals surface area contributed by atoms with E-state index in [-0.39, 0.29) is 6.04 Å². The van der Waals surface area contributed by atoms with Crippen LogP contribution in [0.3, 0.4) is 0 Å². The third-order valence-electron chi connectivity index (χ3n) is 2.86. The van der Waals surface area contributed by atoms with E-state index in [4.69, 9.17) is 5.73 Å². The van der Waals surface area contributed by atoms with Crippen LogP contribution in [0.15, 0.2) is 24.0 Å². The number of nitrogens with zero attached hydrogens (tertiary/aromatic N) is 2. The van der Waals surface area contributed by atoms with Crippen molar-refractivity contribution in [2.24, 2.45) is 12.8 Å². The van der Waals surface area contributed by atoms with Crippen molar-refractivity contribution < 1.29 is 0 Å². The van der Waals surface area contributed by atoms with Crippen LogP contribution >= 0.6 is 0 Å². The first-order valence-corrected chi connectivity index (χ1v) is 5.21. The number of nitrogens with two attached hydrogens (primary N) is 1. The molecule has 3 heteroatoms. The van der Waals surface area contributed by atoms with Crippen molar-refractivity contribution in [2.45, 2.75) is 31.7 Å². The molecule has 0 aromatic carbocycles. The smallest absolute Gasteiger partial charge is 0.129 e. The molecular formula is C11H17N3. The van der Waals surface area contributed by atoms with Gasteiger partial charge in [0.2, 0.25) is 0 Å². The third kappa shape index (κ3) is 1.73. The maximum atomic E-state index is 6.16. The van der Waals surface area contributed by atoms with Gasteiger partial charge in [-0.1, -0.05) is 6.08 Å². The lowest BCUT2D eigenvalue weighted by molar-refractivity contribution is 0.616. The van der Waals surface area contributed by atoms with Gasteiger partial charge in [-0.05, 0) is 31.3 Å². The number of imidazole rings is 1. The quantitative estimate of drug-likeness (QED) is 0.726. The largest absolute Gasteiger partial charge is 0.336 e.